The summed E-state index contributed by atoms with van der Waals surface area (Å²) < 4.78 is 0. The van der Waals surface area contributed by atoms with E-state index in [2.05, 4.69) is 16.4 Å². The summed E-state index contributed by atoms with van der Waals surface area (Å²) in [5.41, 5.74) is 5.86. The Morgan fingerprint density at radius 1 is 1.13 bits per heavy atom. The summed E-state index contributed by atoms with van der Waals surface area (Å²) in [6.07, 6.45) is 2.78. The second kappa shape index (κ2) is 7.36. The first-order valence-corrected chi connectivity index (χ1v) is 11.1. The zero-order chi connectivity index (χ0) is 20.8. The van der Waals surface area contributed by atoms with Crippen molar-refractivity contribution in [2.24, 2.45) is 5.92 Å². The Morgan fingerprint density at radius 2 is 1.97 bits per heavy atom. The number of rotatable bonds is 4. The van der Waals surface area contributed by atoms with E-state index in [-0.39, 0.29) is 17.7 Å². The van der Waals surface area contributed by atoms with E-state index in [1.54, 1.807) is 0 Å². The molecule has 0 radical (unpaired) electrons. The van der Waals surface area contributed by atoms with Crippen molar-refractivity contribution in [1.29, 1.82) is 0 Å². The van der Waals surface area contributed by atoms with Crippen LogP contribution >= 0.6 is 11.3 Å². The molecule has 1 fully saturated rings. The molecule has 1 aromatic heterocycles. The lowest BCUT2D eigenvalue weighted by Crippen LogP contribution is -2.28. The Morgan fingerprint density at radius 3 is 2.73 bits per heavy atom. The molecular weight excluding hydrogens is 394 g/mol. The fourth-order valence-electron chi connectivity index (χ4n) is 3.96. The molecule has 1 aliphatic carbocycles. The number of hydrogen-bond donors (Lipinski definition) is 1. The average molecular weight is 418 g/mol. The van der Waals surface area contributed by atoms with Crippen LogP contribution in [0.15, 0.2) is 42.5 Å². The largest absolute Gasteiger partial charge is 0.308 e. The zero-order valence-electron chi connectivity index (χ0n) is 17.1. The summed E-state index contributed by atoms with van der Waals surface area (Å²) in [4.78, 5) is 32.7. The van der Waals surface area contributed by atoms with E-state index in [0.717, 1.165) is 57.8 Å². The number of aromatic nitrogens is 1. The van der Waals surface area contributed by atoms with Crippen molar-refractivity contribution >= 4 is 34.0 Å². The first-order chi connectivity index (χ1) is 14.5. The Balaban J connectivity index is 1.39. The molecule has 5 nitrogen and oxygen atoms in total. The van der Waals surface area contributed by atoms with Crippen LogP contribution in [0.3, 0.4) is 0 Å². The second-order valence-corrected chi connectivity index (χ2v) is 9.31. The zero-order valence-corrected chi connectivity index (χ0v) is 17.9. The van der Waals surface area contributed by atoms with Gasteiger partial charge in [-0.3, -0.25) is 9.59 Å². The van der Waals surface area contributed by atoms with Gasteiger partial charge in [0.2, 0.25) is 5.91 Å². The number of carbonyl (C=O) groups is 2. The normalized spacial score (nSPS) is 15.2. The minimum absolute atomic E-state index is 0.0418. The molecule has 5 rings (SSSR count). The molecule has 0 spiro atoms. The van der Waals surface area contributed by atoms with Crippen LogP contribution in [0.5, 0.6) is 0 Å². The highest BCUT2D eigenvalue weighted by Gasteiger charge is 2.30. The summed E-state index contributed by atoms with van der Waals surface area (Å²) in [6.45, 7) is 4.71. The van der Waals surface area contributed by atoms with E-state index in [9.17, 15) is 9.59 Å². The monoisotopic (exact) mass is 417 g/mol. The molecule has 0 unspecified atom stereocenters. The number of nitrogens with zero attached hydrogens (tertiary/aromatic N) is 2. The van der Waals surface area contributed by atoms with Crippen LogP contribution in [0.4, 0.5) is 10.8 Å². The molecule has 6 heteroatoms. The lowest BCUT2D eigenvalue weighted by molar-refractivity contribution is -0.117. The third kappa shape index (κ3) is 3.52. The van der Waals surface area contributed by atoms with Gasteiger partial charge in [-0.15, -0.1) is 11.3 Å². The SMILES string of the molecule is Cc1cccc(C(=O)N2CCc3cc(-c4nc(NC(=O)C5CC5)sc4C)ccc32)c1. The highest BCUT2D eigenvalue weighted by molar-refractivity contribution is 7.16. The van der Waals surface area contributed by atoms with Gasteiger partial charge in [0.25, 0.3) is 5.91 Å². The lowest BCUT2D eigenvalue weighted by atomic mass is 10.1. The summed E-state index contributed by atoms with van der Waals surface area (Å²) >= 11 is 1.51. The molecule has 1 N–H and O–H groups in total. The predicted octanol–water partition coefficient (Wildman–Crippen LogP) is 4.98. The first kappa shape index (κ1) is 19.0. The Hall–Kier alpha value is -2.99. The number of thiazole rings is 1. The van der Waals surface area contributed by atoms with E-state index < -0.39 is 0 Å². The maximum atomic E-state index is 13.0. The molecule has 2 aliphatic rings. The van der Waals surface area contributed by atoms with Crippen molar-refractivity contribution in [2.75, 3.05) is 16.8 Å². The minimum atomic E-state index is 0.0418. The minimum Gasteiger partial charge on any atom is -0.308 e. The lowest BCUT2D eigenvalue weighted by Gasteiger charge is -2.18. The highest BCUT2D eigenvalue weighted by atomic mass is 32.1. The molecule has 1 saturated carbocycles. The number of nitrogens with one attached hydrogen (secondary N) is 1. The van der Waals surface area contributed by atoms with Crippen molar-refractivity contribution in [3.05, 3.63) is 64.0 Å². The van der Waals surface area contributed by atoms with Crippen LogP contribution in [0, 0.1) is 19.8 Å². The first-order valence-electron chi connectivity index (χ1n) is 10.3. The van der Waals surface area contributed by atoms with Crippen molar-refractivity contribution in [2.45, 2.75) is 33.1 Å². The number of benzene rings is 2. The van der Waals surface area contributed by atoms with Crippen LogP contribution in [0.25, 0.3) is 11.3 Å². The van der Waals surface area contributed by atoms with Crippen molar-refractivity contribution in [3.8, 4) is 11.3 Å². The van der Waals surface area contributed by atoms with Crippen LogP contribution in [0.1, 0.15) is 39.2 Å². The molecule has 0 saturated heterocycles. The number of hydrogen-bond acceptors (Lipinski definition) is 4. The molecular formula is C24H23N3O2S. The molecule has 3 aromatic rings. The average Bonchev–Trinajstić information content (AvgIpc) is 3.41. The van der Waals surface area contributed by atoms with Crippen LogP contribution in [-0.4, -0.2) is 23.3 Å². The number of aryl methyl sites for hydroxylation is 2. The molecule has 2 aromatic carbocycles. The van der Waals surface area contributed by atoms with Gasteiger partial charge in [-0.25, -0.2) is 4.98 Å². The second-order valence-electron chi connectivity index (χ2n) is 8.11. The fraction of sp³-hybridized carbons (Fsp3) is 0.292. The number of anilines is 2. The quantitative estimate of drug-likeness (QED) is 0.651. The summed E-state index contributed by atoms with van der Waals surface area (Å²) in [5.74, 6) is 0.282. The van der Waals surface area contributed by atoms with E-state index in [0.29, 0.717) is 11.7 Å². The molecule has 30 heavy (non-hydrogen) atoms. The molecule has 152 valence electrons. The van der Waals surface area contributed by atoms with E-state index in [1.807, 2.05) is 55.1 Å². The Kier molecular flexibility index (Phi) is 4.66. The van der Waals surface area contributed by atoms with Crippen molar-refractivity contribution in [3.63, 3.8) is 0 Å². The summed E-state index contributed by atoms with van der Waals surface area (Å²) in [6, 6.07) is 13.9. The summed E-state index contributed by atoms with van der Waals surface area (Å²) in [7, 11) is 0. The number of fused-ring (bicyclic) bond motifs is 1. The molecule has 0 atom stereocenters. The van der Waals surface area contributed by atoms with Gasteiger partial charge in [-0.2, -0.15) is 0 Å². The van der Waals surface area contributed by atoms with E-state index >= 15 is 0 Å². The number of carbonyl (C=O) groups excluding carboxylic acids is 2. The van der Waals surface area contributed by atoms with Gasteiger partial charge >= 0.3 is 0 Å². The van der Waals surface area contributed by atoms with Gasteiger partial charge in [-0.1, -0.05) is 23.8 Å². The smallest absolute Gasteiger partial charge is 0.258 e. The van der Waals surface area contributed by atoms with Gasteiger partial charge in [0.05, 0.1) is 5.69 Å². The standard InChI is InChI=1S/C24H23N3O2S/c1-14-4-3-5-19(12-14)23(29)27-11-10-17-13-18(8-9-20(17)27)21-15(2)30-24(25-21)26-22(28)16-6-7-16/h3-5,8-9,12-13,16H,6-7,10-11H2,1-2H3,(H,25,26,28). The van der Waals surface area contributed by atoms with Crippen molar-refractivity contribution < 1.29 is 9.59 Å². The van der Waals surface area contributed by atoms with Gasteiger partial charge in [-0.05, 0) is 62.9 Å². The Labute approximate surface area is 179 Å². The van der Waals surface area contributed by atoms with Crippen LogP contribution in [-0.2, 0) is 11.2 Å². The maximum Gasteiger partial charge on any atom is 0.258 e. The molecule has 2 heterocycles. The highest BCUT2D eigenvalue weighted by Crippen LogP contribution is 2.37. The van der Waals surface area contributed by atoms with Gasteiger partial charge < -0.3 is 10.2 Å². The third-order valence-electron chi connectivity index (χ3n) is 5.73. The van der Waals surface area contributed by atoms with Gasteiger partial charge in [0.15, 0.2) is 5.13 Å². The summed E-state index contributed by atoms with van der Waals surface area (Å²) in [5, 5.41) is 3.61. The number of amides is 2. The van der Waals surface area contributed by atoms with Crippen LogP contribution < -0.4 is 10.2 Å². The van der Waals surface area contributed by atoms with E-state index in [1.165, 1.54) is 11.3 Å². The molecule has 2 amide bonds. The van der Waals surface area contributed by atoms with Gasteiger partial charge in [0.1, 0.15) is 0 Å². The fourth-order valence-corrected chi connectivity index (χ4v) is 4.80. The molecule has 0 bridgehead atoms. The predicted molar refractivity (Wildman–Crippen MR) is 120 cm³/mol. The van der Waals surface area contributed by atoms with Crippen molar-refractivity contribution in [1.82, 2.24) is 4.98 Å². The topological polar surface area (TPSA) is 62.3 Å². The van der Waals surface area contributed by atoms with E-state index in [4.69, 9.17) is 0 Å². The third-order valence-corrected chi connectivity index (χ3v) is 6.62. The van der Waals surface area contributed by atoms with Crippen LogP contribution in [0.2, 0.25) is 0 Å². The maximum absolute atomic E-state index is 13.0. The van der Waals surface area contributed by atoms with Gasteiger partial charge in [0, 0.05) is 34.2 Å². The molecule has 1 aliphatic heterocycles. The Bertz CT molecular complexity index is 1160.